The highest BCUT2D eigenvalue weighted by Gasteiger charge is 2.23. The normalized spacial score (nSPS) is 14.1. The summed E-state index contributed by atoms with van der Waals surface area (Å²) in [5, 5.41) is 0. The third-order valence-electron chi connectivity index (χ3n) is 3.41. The molecule has 1 aliphatic heterocycles. The van der Waals surface area contributed by atoms with Gasteiger partial charge in [-0.1, -0.05) is 6.07 Å². The Bertz CT molecular complexity index is 527. The molecule has 0 spiro atoms. The maximum absolute atomic E-state index is 5.69. The summed E-state index contributed by atoms with van der Waals surface area (Å²) in [5.74, 6) is 2.18. The molecule has 0 bridgehead atoms. The molecule has 0 amide bonds. The lowest BCUT2D eigenvalue weighted by molar-refractivity contribution is -0.363. The van der Waals surface area contributed by atoms with Crippen molar-refractivity contribution in [1.82, 2.24) is 4.98 Å². The van der Waals surface area contributed by atoms with Gasteiger partial charge in [0.2, 0.25) is 0 Å². The first-order valence-corrected chi connectivity index (χ1v) is 6.51. The number of aromatic nitrogens is 2. The van der Waals surface area contributed by atoms with Gasteiger partial charge in [-0.25, -0.2) is 9.97 Å². The highest BCUT2D eigenvalue weighted by atomic mass is 16.0. The molecule has 0 radical (unpaired) electrons. The predicted molar refractivity (Wildman–Crippen MR) is 81.6 cm³/mol. The van der Waals surface area contributed by atoms with Crippen LogP contribution in [0, 0.1) is 0 Å². The standard InChI is InChI=1S/C14H17N5.2H2O/c15-12-4-5-14(17-11-12)19-9-7-18(8-10-19)13-3-1-2-6-16-13;;/h1-6,11H,7-10,15H2;2*1H2. The fraction of sp³-hybridized carbons (Fsp3) is 0.286. The molecule has 114 valence electrons. The highest BCUT2D eigenvalue weighted by molar-refractivity contribution is 5.44. The highest BCUT2D eigenvalue weighted by Crippen LogP contribution is 2.15. The van der Waals surface area contributed by atoms with E-state index in [4.69, 9.17) is 5.73 Å². The van der Waals surface area contributed by atoms with Crippen molar-refractivity contribution in [2.75, 3.05) is 41.7 Å². The number of hydrogen-bond acceptors (Lipinski definition) is 5. The van der Waals surface area contributed by atoms with Gasteiger partial charge in [0, 0.05) is 12.3 Å². The van der Waals surface area contributed by atoms with E-state index in [-0.39, 0.29) is 11.0 Å². The smallest absolute Gasteiger partial charge is 0.274 e. The van der Waals surface area contributed by atoms with Crippen LogP contribution < -0.4 is 20.5 Å². The predicted octanol–water partition coefficient (Wildman–Crippen LogP) is -0.197. The quantitative estimate of drug-likeness (QED) is 0.821. The molecule has 0 saturated carbocycles. The second-order valence-corrected chi connectivity index (χ2v) is 4.67. The summed E-state index contributed by atoms with van der Waals surface area (Å²) >= 11 is 0. The van der Waals surface area contributed by atoms with Crippen molar-refractivity contribution in [2.45, 2.75) is 0 Å². The van der Waals surface area contributed by atoms with Crippen molar-refractivity contribution >= 4 is 17.3 Å². The van der Waals surface area contributed by atoms with E-state index >= 15 is 0 Å². The lowest BCUT2D eigenvalue weighted by Gasteiger charge is -2.31. The van der Waals surface area contributed by atoms with Gasteiger partial charge >= 0.3 is 0 Å². The molecule has 2 aromatic rings. The molecule has 3 rings (SSSR count). The molecule has 7 nitrogen and oxygen atoms in total. The summed E-state index contributed by atoms with van der Waals surface area (Å²) in [7, 11) is 0. The number of aromatic amines is 1. The molecular weight excluding hydrogens is 270 g/mol. The Balaban J connectivity index is 0.00000110. The van der Waals surface area contributed by atoms with Crippen LogP contribution in [0.5, 0.6) is 0 Å². The molecule has 0 unspecified atom stereocenters. The van der Waals surface area contributed by atoms with E-state index in [9.17, 15) is 0 Å². The van der Waals surface area contributed by atoms with Gasteiger partial charge in [-0.3, -0.25) is 4.90 Å². The summed E-state index contributed by atoms with van der Waals surface area (Å²) < 4.78 is 0. The van der Waals surface area contributed by atoms with E-state index in [2.05, 4.69) is 25.8 Å². The van der Waals surface area contributed by atoms with Crippen LogP contribution in [0.1, 0.15) is 0 Å². The van der Waals surface area contributed by atoms with Crippen molar-refractivity contribution in [3.8, 4) is 0 Å². The van der Waals surface area contributed by atoms with Crippen LogP contribution >= 0.6 is 0 Å². The average molecular weight is 291 g/mol. The number of nitrogens with one attached hydrogen (secondary N) is 1. The summed E-state index contributed by atoms with van der Waals surface area (Å²) in [6, 6.07) is 10.00. The number of pyridine rings is 2. The fourth-order valence-electron chi connectivity index (χ4n) is 2.34. The molecule has 6 N–H and O–H groups in total. The van der Waals surface area contributed by atoms with E-state index in [1.165, 1.54) is 0 Å². The van der Waals surface area contributed by atoms with Crippen LogP contribution in [-0.4, -0.2) is 42.1 Å². The second kappa shape index (κ2) is 7.41. The number of piperazine rings is 1. The molecule has 21 heavy (non-hydrogen) atoms. The first-order chi connectivity index (χ1) is 9.33. The molecule has 1 saturated heterocycles. The van der Waals surface area contributed by atoms with Crippen LogP contribution in [0.2, 0.25) is 0 Å². The van der Waals surface area contributed by atoms with E-state index in [0.717, 1.165) is 43.5 Å². The Morgan fingerprint density at radius 3 is 2.29 bits per heavy atom. The average Bonchev–Trinajstić information content (AvgIpc) is 2.49. The van der Waals surface area contributed by atoms with Gasteiger partial charge in [-0.2, -0.15) is 0 Å². The molecule has 2 aromatic heterocycles. The Morgan fingerprint density at radius 1 is 1.00 bits per heavy atom. The second-order valence-electron chi connectivity index (χ2n) is 4.67. The number of H-pyrrole nitrogens is 1. The minimum Gasteiger partial charge on any atom is -0.870 e. The Morgan fingerprint density at radius 2 is 1.71 bits per heavy atom. The van der Waals surface area contributed by atoms with E-state index in [0.29, 0.717) is 0 Å². The molecule has 0 atom stereocenters. The molecule has 1 aliphatic rings. The number of rotatable bonds is 2. The van der Waals surface area contributed by atoms with Gasteiger partial charge in [0.1, 0.15) is 25.1 Å². The molecule has 1 fully saturated rings. The van der Waals surface area contributed by atoms with Crippen LogP contribution in [0.4, 0.5) is 17.3 Å². The van der Waals surface area contributed by atoms with Crippen LogP contribution in [-0.2, 0) is 0 Å². The summed E-state index contributed by atoms with van der Waals surface area (Å²) in [6.45, 7) is 3.93. The number of nitrogens with zero attached hydrogens (tertiary/aromatic N) is 3. The van der Waals surface area contributed by atoms with Crippen LogP contribution in [0.3, 0.4) is 0 Å². The van der Waals surface area contributed by atoms with Crippen LogP contribution in [0.15, 0.2) is 42.7 Å². The Hall–Kier alpha value is -2.38. The van der Waals surface area contributed by atoms with Gasteiger partial charge in [-0.15, -0.1) is 0 Å². The van der Waals surface area contributed by atoms with Crippen molar-refractivity contribution in [3.05, 3.63) is 42.7 Å². The third-order valence-corrected chi connectivity index (χ3v) is 3.41. The number of nitrogen functional groups attached to an aromatic ring is 1. The maximum atomic E-state index is 5.69. The molecule has 7 heteroatoms. The summed E-state index contributed by atoms with van der Waals surface area (Å²) in [4.78, 5) is 12.3. The number of nitrogens with two attached hydrogens (primary N) is 1. The minimum absolute atomic E-state index is 0. The SMILES string of the molecule is Nc1ccc(N2CCN(c3ccccn3)CC2)[nH+]c1.O.[OH-]. The van der Waals surface area contributed by atoms with Crippen molar-refractivity contribution in [2.24, 2.45) is 0 Å². The first-order valence-electron chi connectivity index (χ1n) is 6.51. The molecule has 0 aromatic carbocycles. The number of anilines is 3. The van der Waals surface area contributed by atoms with E-state index in [1.807, 2.05) is 36.7 Å². The minimum atomic E-state index is 0. The van der Waals surface area contributed by atoms with Crippen molar-refractivity contribution < 1.29 is 15.9 Å². The van der Waals surface area contributed by atoms with E-state index < -0.39 is 0 Å². The van der Waals surface area contributed by atoms with Gasteiger partial charge < -0.3 is 21.6 Å². The first kappa shape index (κ1) is 16.7. The summed E-state index contributed by atoms with van der Waals surface area (Å²) in [6.07, 6.45) is 3.68. The summed E-state index contributed by atoms with van der Waals surface area (Å²) in [5.41, 5.74) is 6.45. The van der Waals surface area contributed by atoms with Crippen LogP contribution in [0.25, 0.3) is 0 Å². The van der Waals surface area contributed by atoms with Gasteiger partial charge in [-0.05, 0) is 18.2 Å². The van der Waals surface area contributed by atoms with Gasteiger partial charge in [0.15, 0.2) is 0 Å². The van der Waals surface area contributed by atoms with Gasteiger partial charge in [0.25, 0.3) is 5.82 Å². The fourth-order valence-corrected chi connectivity index (χ4v) is 2.34. The lowest BCUT2D eigenvalue weighted by Crippen LogP contribution is -2.48. The topological polar surface area (TPSA) is 121 Å². The van der Waals surface area contributed by atoms with E-state index in [1.54, 1.807) is 0 Å². The monoisotopic (exact) mass is 291 g/mol. The Labute approximate surface area is 123 Å². The molecule has 3 heterocycles. The van der Waals surface area contributed by atoms with Gasteiger partial charge in [0.05, 0.1) is 18.8 Å². The van der Waals surface area contributed by atoms with Crippen molar-refractivity contribution in [1.29, 1.82) is 0 Å². The Kier molecular flexibility index (Phi) is 5.89. The lowest BCUT2D eigenvalue weighted by atomic mass is 10.3. The zero-order chi connectivity index (χ0) is 13.1. The molecular formula is C14H21N5O2. The number of hydrogen-bond donors (Lipinski definition) is 1. The van der Waals surface area contributed by atoms with Crippen molar-refractivity contribution in [3.63, 3.8) is 0 Å². The third kappa shape index (κ3) is 3.80. The maximum Gasteiger partial charge on any atom is 0.274 e. The zero-order valence-corrected chi connectivity index (χ0v) is 11.7. The zero-order valence-electron chi connectivity index (χ0n) is 11.7. The largest absolute Gasteiger partial charge is 0.870 e. The molecule has 0 aliphatic carbocycles.